The van der Waals surface area contributed by atoms with Gasteiger partial charge in [0.25, 0.3) is 0 Å². The first kappa shape index (κ1) is 13.6. The highest BCUT2D eigenvalue weighted by molar-refractivity contribution is 6.32. The van der Waals surface area contributed by atoms with Gasteiger partial charge in [0.15, 0.2) is 0 Å². The van der Waals surface area contributed by atoms with Gasteiger partial charge in [-0.2, -0.15) is 0 Å². The Bertz CT molecular complexity index is 564. The molecule has 4 nitrogen and oxygen atoms in total. The molecule has 0 amide bonds. The molecular formula is C14H16ClN3O. The number of ether oxygens (including phenoxy) is 1. The molecule has 0 radical (unpaired) electrons. The van der Waals surface area contributed by atoms with E-state index in [2.05, 4.69) is 10.4 Å². The highest BCUT2D eigenvalue weighted by Gasteiger charge is 2.04. The molecule has 0 bridgehead atoms. The van der Waals surface area contributed by atoms with Crippen LogP contribution in [0.15, 0.2) is 30.5 Å². The van der Waals surface area contributed by atoms with E-state index in [1.807, 2.05) is 32.0 Å². The van der Waals surface area contributed by atoms with E-state index in [9.17, 15) is 0 Å². The highest BCUT2D eigenvalue weighted by atomic mass is 35.5. The van der Waals surface area contributed by atoms with Crippen LogP contribution in [0, 0.1) is 13.8 Å². The Hall–Kier alpha value is -1.78. The lowest BCUT2D eigenvalue weighted by atomic mass is 10.1. The van der Waals surface area contributed by atoms with E-state index in [4.69, 9.17) is 22.2 Å². The summed E-state index contributed by atoms with van der Waals surface area (Å²) in [5, 5.41) is 0.778. The molecule has 2 aromatic rings. The van der Waals surface area contributed by atoms with E-state index in [1.54, 1.807) is 12.3 Å². The third-order valence-corrected chi connectivity index (χ3v) is 3.38. The second-order valence-corrected chi connectivity index (χ2v) is 4.72. The van der Waals surface area contributed by atoms with E-state index < -0.39 is 0 Å². The van der Waals surface area contributed by atoms with Gasteiger partial charge in [-0.15, -0.1) is 0 Å². The second-order valence-electron chi connectivity index (χ2n) is 4.34. The summed E-state index contributed by atoms with van der Waals surface area (Å²) in [6.45, 7) is 4.30. The number of pyridine rings is 1. The minimum atomic E-state index is 0.385. The van der Waals surface area contributed by atoms with Crippen LogP contribution in [0.2, 0.25) is 5.02 Å². The minimum Gasteiger partial charge on any atom is -0.487 e. The number of aryl methyl sites for hydroxylation is 2. The molecule has 0 aliphatic heterocycles. The molecule has 19 heavy (non-hydrogen) atoms. The first-order chi connectivity index (χ1) is 9.10. The van der Waals surface area contributed by atoms with Crippen LogP contribution in [0.25, 0.3) is 0 Å². The maximum atomic E-state index is 6.12. The number of benzene rings is 1. The van der Waals surface area contributed by atoms with Crippen LogP contribution < -0.4 is 16.0 Å². The summed E-state index contributed by atoms with van der Waals surface area (Å²) in [7, 11) is 0. The van der Waals surface area contributed by atoms with Gasteiger partial charge in [-0.25, -0.2) is 0 Å². The molecule has 3 N–H and O–H groups in total. The average Bonchev–Trinajstić information content (AvgIpc) is 2.42. The molecule has 1 aromatic heterocycles. The molecule has 1 aromatic carbocycles. The predicted molar refractivity (Wildman–Crippen MR) is 77.3 cm³/mol. The van der Waals surface area contributed by atoms with Crippen LogP contribution in [0.4, 0.5) is 5.69 Å². The summed E-state index contributed by atoms with van der Waals surface area (Å²) < 4.78 is 5.72. The van der Waals surface area contributed by atoms with Gasteiger partial charge in [-0.1, -0.05) is 11.6 Å². The number of hydrogen-bond donors (Lipinski definition) is 2. The standard InChI is InChI=1S/C14H16ClN3O/c1-9-5-13(6-10(2)14(9)15)19-8-12-7-11(18-16)3-4-17-12/h3-7H,8,16H2,1-2H3,(H,17,18). The monoisotopic (exact) mass is 277 g/mol. The van der Waals surface area contributed by atoms with Crippen molar-refractivity contribution in [2.45, 2.75) is 20.5 Å². The Labute approximate surface area is 117 Å². The molecule has 0 saturated heterocycles. The molecule has 100 valence electrons. The SMILES string of the molecule is Cc1cc(OCc2cc(NN)ccn2)cc(C)c1Cl. The van der Waals surface area contributed by atoms with Gasteiger partial charge >= 0.3 is 0 Å². The lowest BCUT2D eigenvalue weighted by Gasteiger charge is -2.10. The zero-order valence-electron chi connectivity index (χ0n) is 10.9. The number of hydrogen-bond acceptors (Lipinski definition) is 4. The summed E-state index contributed by atoms with van der Waals surface area (Å²) in [4.78, 5) is 4.22. The molecule has 0 atom stereocenters. The molecule has 0 unspecified atom stereocenters. The van der Waals surface area contributed by atoms with Crippen molar-refractivity contribution in [3.8, 4) is 5.75 Å². The predicted octanol–water partition coefficient (Wildman–Crippen LogP) is 3.22. The summed E-state index contributed by atoms with van der Waals surface area (Å²) in [6, 6.07) is 7.47. The van der Waals surface area contributed by atoms with Crippen LogP contribution in [0.3, 0.4) is 0 Å². The van der Waals surface area contributed by atoms with Crippen molar-refractivity contribution in [2.75, 3.05) is 5.43 Å². The highest BCUT2D eigenvalue weighted by Crippen LogP contribution is 2.26. The van der Waals surface area contributed by atoms with Crippen molar-refractivity contribution < 1.29 is 4.74 Å². The van der Waals surface area contributed by atoms with Gasteiger partial charge in [0.1, 0.15) is 12.4 Å². The van der Waals surface area contributed by atoms with Crippen molar-refractivity contribution in [1.82, 2.24) is 4.98 Å². The van der Waals surface area contributed by atoms with Crippen LogP contribution in [-0.4, -0.2) is 4.98 Å². The largest absolute Gasteiger partial charge is 0.487 e. The van der Waals surface area contributed by atoms with Crippen molar-refractivity contribution in [1.29, 1.82) is 0 Å². The fourth-order valence-corrected chi connectivity index (χ4v) is 1.90. The number of rotatable bonds is 4. The number of aromatic nitrogens is 1. The topological polar surface area (TPSA) is 60.2 Å². The summed E-state index contributed by atoms with van der Waals surface area (Å²) in [5.41, 5.74) is 6.19. The smallest absolute Gasteiger partial charge is 0.130 e. The zero-order valence-corrected chi connectivity index (χ0v) is 11.7. The summed E-state index contributed by atoms with van der Waals surface area (Å²) >= 11 is 6.12. The van der Waals surface area contributed by atoms with Crippen LogP contribution >= 0.6 is 11.6 Å². The Morgan fingerprint density at radius 1 is 1.26 bits per heavy atom. The van der Waals surface area contributed by atoms with Gasteiger partial charge in [0, 0.05) is 11.2 Å². The number of nitrogens with zero attached hydrogens (tertiary/aromatic N) is 1. The number of anilines is 1. The van der Waals surface area contributed by atoms with E-state index in [1.165, 1.54) is 0 Å². The molecule has 0 saturated carbocycles. The lowest BCUT2D eigenvalue weighted by molar-refractivity contribution is 0.301. The van der Waals surface area contributed by atoms with E-state index in [0.29, 0.717) is 6.61 Å². The van der Waals surface area contributed by atoms with E-state index in [0.717, 1.165) is 33.3 Å². The maximum absolute atomic E-state index is 6.12. The number of nitrogens with one attached hydrogen (secondary N) is 1. The lowest BCUT2D eigenvalue weighted by Crippen LogP contribution is -2.08. The van der Waals surface area contributed by atoms with Gasteiger partial charge in [0.2, 0.25) is 0 Å². The third-order valence-electron chi connectivity index (χ3n) is 2.78. The number of nitrogen functional groups attached to an aromatic ring is 1. The first-order valence-electron chi connectivity index (χ1n) is 5.91. The van der Waals surface area contributed by atoms with Gasteiger partial charge < -0.3 is 10.2 Å². The number of halogens is 1. The molecule has 0 aliphatic carbocycles. The van der Waals surface area contributed by atoms with Crippen LogP contribution in [0.5, 0.6) is 5.75 Å². The quantitative estimate of drug-likeness (QED) is 0.665. The fourth-order valence-electron chi connectivity index (χ4n) is 1.79. The fraction of sp³-hybridized carbons (Fsp3) is 0.214. The van der Waals surface area contributed by atoms with Crippen LogP contribution in [0.1, 0.15) is 16.8 Å². The van der Waals surface area contributed by atoms with E-state index >= 15 is 0 Å². The molecule has 0 spiro atoms. The van der Waals surface area contributed by atoms with Gasteiger partial charge in [-0.3, -0.25) is 10.8 Å². The number of nitrogens with two attached hydrogens (primary N) is 1. The molecule has 0 fully saturated rings. The average molecular weight is 278 g/mol. The summed E-state index contributed by atoms with van der Waals surface area (Å²) in [5.74, 6) is 6.13. The van der Waals surface area contributed by atoms with Crippen molar-refractivity contribution in [2.24, 2.45) is 5.84 Å². The Morgan fingerprint density at radius 3 is 2.58 bits per heavy atom. The molecule has 5 heteroatoms. The molecular weight excluding hydrogens is 262 g/mol. The first-order valence-corrected chi connectivity index (χ1v) is 6.29. The van der Waals surface area contributed by atoms with Crippen LogP contribution in [-0.2, 0) is 6.61 Å². The minimum absolute atomic E-state index is 0.385. The maximum Gasteiger partial charge on any atom is 0.130 e. The Balaban J connectivity index is 2.10. The number of hydrazine groups is 1. The van der Waals surface area contributed by atoms with Crippen molar-refractivity contribution in [3.05, 3.63) is 52.3 Å². The van der Waals surface area contributed by atoms with Gasteiger partial charge in [-0.05, 0) is 49.2 Å². The van der Waals surface area contributed by atoms with Crippen molar-refractivity contribution >= 4 is 17.3 Å². The normalized spacial score (nSPS) is 10.3. The second kappa shape index (κ2) is 5.91. The Morgan fingerprint density at radius 2 is 1.95 bits per heavy atom. The van der Waals surface area contributed by atoms with E-state index in [-0.39, 0.29) is 0 Å². The molecule has 1 heterocycles. The molecule has 0 aliphatic rings. The zero-order chi connectivity index (χ0) is 13.8. The van der Waals surface area contributed by atoms with Crippen molar-refractivity contribution in [3.63, 3.8) is 0 Å². The third kappa shape index (κ3) is 3.36. The summed E-state index contributed by atoms with van der Waals surface area (Å²) in [6.07, 6.45) is 1.69. The van der Waals surface area contributed by atoms with Gasteiger partial charge in [0.05, 0.1) is 11.4 Å². The Kier molecular flexibility index (Phi) is 4.24. The molecule has 2 rings (SSSR count).